The lowest BCUT2D eigenvalue weighted by Crippen LogP contribution is -2.52. The number of ether oxygens (including phenoxy) is 1. The molecule has 0 spiro atoms. The summed E-state index contributed by atoms with van der Waals surface area (Å²) in [6, 6.07) is 7.92. The standard InChI is InChI=1S/C21H29N3O3/c1-14(22)21(26)24-13-17-11-18(24)12-23(17)9-2-10-27-19-7-5-16(6-8-19)20(25)15-3-4-15/h5-8,14-15,17-18H,2-4,9-13,22H2,1H3/t14-,17+,18+/m1/s1. The predicted octanol–water partition coefficient (Wildman–Crippen LogP) is 1.68. The van der Waals surface area contributed by atoms with Crippen LogP contribution in [0.4, 0.5) is 0 Å². The first-order chi connectivity index (χ1) is 13.0. The molecule has 3 aliphatic rings. The summed E-state index contributed by atoms with van der Waals surface area (Å²) in [4.78, 5) is 28.6. The normalized spacial score (nSPS) is 25.6. The first-order valence-corrected chi connectivity index (χ1v) is 10.1. The number of amides is 1. The Morgan fingerprint density at radius 1 is 1.19 bits per heavy atom. The van der Waals surface area contributed by atoms with Crippen LogP contribution < -0.4 is 10.5 Å². The summed E-state index contributed by atoms with van der Waals surface area (Å²) in [5, 5.41) is 0. The van der Waals surface area contributed by atoms with Crippen LogP contribution in [0.15, 0.2) is 24.3 Å². The number of nitrogens with zero attached hydrogens (tertiary/aromatic N) is 2. The number of Topliss-reactive ketones (excluding diaryl/α,β-unsaturated/α-hetero) is 1. The molecule has 1 aromatic carbocycles. The number of hydrogen-bond acceptors (Lipinski definition) is 5. The molecule has 27 heavy (non-hydrogen) atoms. The van der Waals surface area contributed by atoms with Gasteiger partial charge in [-0.2, -0.15) is 0 Å². The van der Waals surface area contributed by atoms with Crippen molar-refractivity contribution in [1.29, 1.82) is 0 Å². The van der Waals surface area contributed by atoms with E-state index in [0.29, 0.717) is 18.7 Å². The van der Waals surface area contributed by atoms with Crippen LogP contribution in [-0.2, 0) is 4.79 Å². The van der Waals surface area contributed by atoms with Gasteiger partial charge in [0.1, 0.15) is 5.75 Å². The Balaban J connectivity index is 1.17. The molecule has 2 saturated heterocycles. The van der Waals surface area contributed by atoms with Gasteiger partial charge in [-0.05, 0) is 56.9 Å². The van der Waals surface area contributed by atoms with E-state index >= 15 is 0 Å². The summed E-state index contributed by atoms with van der Waals surface area (Å²) < 4.78 is 5.83. The zero-order valence-electron chi connectivity index (χ0n) is 16.0. The molecule has 0 unspecified atom stereocenters. The molecule has 6 heteroatoms. The second kappa shape index (κ2) is 7.60. The highest BCUT2D eigenvalue weighted by molar-refractivity contribution is 5.99. The van der Waals surface area contributed by atoms with Crippen molar-refractivity contribution in [2.24, 2.45) is 11.7 Å². The van der Waals surface area contributed by atoms with E-state index in [-0.39, 0.29) is 17.6 Å². The van der Waals surface area contributed by atoms with Gasteiger partial charge in [-0.1, -0.05) is 0 Å². The van der Waals surface area contributed by atoms with E-state index in [4.69, 9.17) is 10.5 Å². The van der Waals surface area contributed by atoms with Gasteiger partial charge in [0.15, 0.2) is 5.78 Å². The fourth-order valence-electron chi connectivity index (χ4n) is 4.31. The maximum atomic E-state index is 12.1. The molecule has 0 aromatic heterocycles. The summed E-state index contributed by atoms with van der Waals surface area (Å²) in [5.74, 6) is 1.42. The van der Waals surface area contributed by atoms with Crippen molar-refractivity contribution >= 4 is 11.7 Å². The van der Waals surface area contributed by atoms with Gasteiger partial charge in [0.25, 0.3) is 0 Å². The molecular weight excluding hydrogens is 342 g/mol. The molecule has 1 saturated carbocycles. The van der Waals surface area contributed by atoms with Crippen molar-refractivity contribution in [3.63, 3.8) is 0 Å². The Morgan fingerprint density at radius 2 is 1.93 bits per heavy atom. The van der Waals surface area contributed by atoms with Gasteiger partial charge in [-0.3, -0.25) is 14.5 Å². The van der Waals surface area contributed by atoms with Crippen molar-refractivity contribution in [3.8, 4) is 5.75 Å². The Labute approximate surface area is 160 Å². The topological polar surface area (TPSA) is 75.9 Å². The third-order valence-corrected chi connectivity index (χ3v) is 5.97. The number of ketones is 1. The van der Waals surface area contributed by atoms with Crippen molar-refractivity contribution in [2.75, 3.05) is 26.2 Å². The second-order valence-corrected chi connectivity index (χ2v) is 8.18. The van der Waals surface area contributed by atoms with Crippen molar-refractivity contribution in [2.45, 2.75) is 50.7 Å². The van der Waals surface area contributed by atoms with E-state index < -0.39 is 6.04 Å². The van der Waals surface area contributed by atoms with Crippen LogP contribution >= 0.6 is 0 Å². The SMILES string of the molecule is C[C@@H](N)C(=O)N1C[C@@H]2C[C@H]1CN2CCCOc1ccc(C(=O)C2CC2)cc1. The lowest BCUT2D eigenvalue weighted by atomic mass is 10.1. The Bertz CT molecular complexity index is 699. The van der Waals surface area contributed by atoms with Crippen LogP contribution in [0.25, 0.3) is 0 Å². The maximum Gasteiger partial charge on any atom is 0.239 e. The highest BCUT2D eigenvalue weighted by atomic mass is 16.5. The van der Waals surface area contributed by atoms with Gasteiger partial charge in [0, 0.05) is 43.2 Å². The molecule has 6 nitrogen and oxygen atoms in total. The smallest absolute Gasteiger partial charge is 0.239 e. The minimum Gasteiger partial charge on any atom is -0.494 e. The van der Waals surface area contributed by atoms with Crippen LogP contribution in [0.2, 0.25) is 0 Å². The van der Waals surface area contributed by atoms with Gasteiger partial charge in [-0.25, -0.2) is 0 Å². The monoisotopic (exact) mass is 371 g/mol. The number of hydrogen-bond donors (Lipinski definition) is 1. The minimum atomic E-state index is -0.405. The summed E-state index contributed by atoms with van der Waals surface area (Å²) in [5.41, 5.74) is 6.53. The quantitative estimate of drug-likeness (QED) is 0.556. The molecule has 1 amide bonds. The zero-order valence-corrected chi connectivity index (χ0v) is 16.0. The molecule has 2 N–H and O–H groups in total. The molecule has 2 bridgehead atoms. The molecule has 1 aliphatic carbocycles. The van der Waals surface area contributed by atoms with E-state index in [1.54, 1.807) is 6.92 Å². The van der Waals surface area contributed by atoms with E-state index in [1.165, 1.54) is 0 Å². The molecule has 2 aliphatic heterocycles. The Hall–Kier alpha value is -1.92. The van der Waals surface area contributed by atoms with Crippen molar-refractivity contribution in [1.82, 2.24) is 9.80 Å². The van der Waals surface area contributed by atoms with Gasteiger partial charge < -0.3 is 15.4 Å². The average Bonchev–Trinajstić information content (AvgIpc) is 3.34. The van der Waals surface area contributed by atoms with E-state index in [0.717, 1.165) is 56.6 Å². The van der Waals surface area contributed by atoms with Crippen LogP contribution in [-0.4, -0.2) is 65.9 Å². The van der Waals surface area contributed by atoms with Crippen LogP contribution in [0.3, 0.4) is 0 Å². The van der Waals surface area contributed by atoms with E-state index in [2.05, 4.69) is 4.90 Å². The molecule has 1 aromatic rings. The minimum absolute atomic E-state index is 0.0779. The van der Waals surface area contributed by atoms with Gasteiger partial charge in [0.2, 0.25) is 5.91 Å². The van der Waals surface area contributed by atoms with Crippen molar-refractivity contribution in [3.05, 3.63) is 29.8 Å². The molecule has 3 atom stereocenters. The number of likely N-dealkylation sites (tertiary alicyclic amines) is 2. The average molecular weight is 371 g/mol. The van der Waals surface area contributed by atoms with Crippen LogP contribution in [0.5, 0.6) is 5.75 Å². The molecule has 4 rings (SSSR count). The second-order valence-electron chi connectivity index (χ2n) is 8.18. The number of carbonyl (C=O) groups excluding carboxylic acids is 2. The first-order valence-electron chi connectivity index (χ1n) is 10.1. The van der Waals surface area contributed by atoms with Crippen LogP contribution in [0, 0.1) is 5.92 Å². The van der Waals surface area contributed by atoms with Crippen LogP contribution in [0.1, 0.15) is 43.0 Å². The number of carbonyl (C=O) groups is 2. The number of fused-ring (bicyclic) bond motifs is 2. The maximum absolute atomic E-state index is 12.1. The third kappa shape index (κ3) is 4.01. The number of piperazine rings is 1. The lowest BCUT2D eigenvalue weighted by Gasteiger charge is -2.35. The number of rotatable bonds is 8. The van der Waals surface area contributed by atoms with E-state index in [1.807, 2.05) is 29.2 Å². The first kappa shape index (κ1) is 18.4. The summed E-state index contributed by atoms with van der Waals surface area (Å²) >= 11 is 0. The molecular formula is C21H29N3O3. The zero-order chi connectivity index (χ0) is 19.0. The van der Waals surface area contributed by atoms with Gasteiger partial charge >= 0.3 is 0 Å². The summed E-state index contributed by atoms with van der Waals surface area (Å²) in [7, 11) is 0. The molecule has 146 valence electrons. The summed E-state index contributed by atoms with van der Waals surface area (Å²) in [6.07, 6.45) is 4.09. The highest BCUT2D eigenvalue weighted by Gasteiger charge is 2.45. The number of benzene rings is 1. The largest absolute Gasteiger partial charge is 0.494 e. The highest BCUT2D eigenvalue weighted by Crippen LogP contribution is 2.33. The molecule has 0 radical (unpaired) electrons. The number of nitrogens with two attached hydrogens (primary N) is 1. The lowest BCUT2D eigenvalue weighted by molar-refractivity contribution is -0.134. The summed E-state index contributed by atoms with van der Waals surface area (Å²) in [6.45, 7) is 5.16. The fraction of sp³-hybridized carbons (Fsp3) is 0.619. The van der Waals surface area contributed by atoms with Gasteiger partial charge in [-0.15, -0.1) is 0 Å². The Kier molecular flexibility index (Phi) is 5.19. The molecule has 2 heterocycles. The fourth-order valence-corrected chi connectivity index (χ4v) is 4.31. The van der Waals surface area contributed by atoms with Crippen molar-refractivity contribution < 1.29 is 14.3 Å². The third-order valence-electron chi connectivity index (χ3n) is 5.97. The predicted molar refractivity (Wildman–Crippen MR) is 103 cm³/mol. The Morgan fingerprint density at radius 3 is 2.52 bits per heavy atom. The van der Waals surface area contributed by atoms with E-state index in [9.17, 15) is 9.59 Å². The molecule has 3 fully saturated rings. The van der Waals surface area contributed by atoms with Gasteiger partial charge in [0.05, 0.1) is 12.6 Å².